The van der Waals surface area contributed by atoms with Crippen LogP contribution in [0.5, 0.6) is 0 Å². The number of hydrogen-bond acceptors (Lipinski definition) is 2. The number of hydrogen-bond donors (Lipinski definition) is 1. The Kier molecular flexibility index (Phi) is 4.26. The summed E-state index contributed by atoms with van der Waals surface area (Å²) in [6.45, 7) is 3.08. The smallest absolute Gasteiger partial charge is 0.314 e. The molecule has 1 fully saturated rings. The number of carbonyl (C=O) groups excluding carboxylic acids is 1. The lowest BCUT2D eigenvalue weighted by Crippen LogP contribution is -2.56. The van der Waals surface area contributed by atoms with Crippen LogP contribution in [0.1, 0.15) is 13.3 Å². The number of halogens is 2. The predicted molar refractivity (Wildman–Crippen MR) is 52.8 cm³/mol. The summed E-state index contributed by atoms with van der Waals surface area (Å²) in [7, 11) is 0. The fourth-order valence-corrected chi connectivity index (χ4v) is 1.90. The molecule has 0 aromatic rings. The van der Waals surface area contributed by atoms with Gasteiger partial charge in [-0.2, -0.15) is 0 Å². The molecule has 88 valence electrons. The highest BCUT2D eigenvalue weighted by Crippen LogP contribution is 2.14. The maximum atomic E-state index is 12.2. The fraction of sp³-hybridized carbons (Fsp3) is 0.889. The third-order valence-electron chi connectivity index (χ3n) is 2.76. The van der Waals surface area contributed by atoms with E-state index in [0.29, 0.717) is 19.6 Å². The van der Waals surface area contributed by atoms with Crippen molar-refractivity contribution >= 4 is 6.03 Å². The summed E-state index contributed by atoms with van der Waals surface area (Å²) in [5.41, 5.74) is 5.15. The molecule has 1 aliphatic heterocycles. The third kappa shape index (κ3) is 3.30. The van der Waals surface area contributed by atoms with Crippen LogP contribution in [-0.2, 0) is 0 Å². The number of nitrogens with two attached hydrogens (primary N) is 1. The van der Waals surface area contributed by atoms with E-state index in [2.05, 4.69) is 0 Å². The number of nitrogens with zero attached hydrogens (tertiary/aromatic N) is 2. The molecular weight excluding hydrogens is 204 g/mol. The number of carbonyl (C=O) groups is 1. The summed E-state index contributed by atoms with van der Waals surface area (Å²) in [6.07, 6.45) is -1.57. The van der Waals surface area contributed by atoms with E-state index in [4.69, 9.17) is 5.73 Å². The van der Waals surface area contributed by atoms with Crippen LogP contribution in [0.2, 0.25) is 0 Å². The van der Waals surface area contributed by atoms with Crippen LogP contribution in [0.4, 0.5) is 13.6 Å². The molecule has 1 aliphatic rings. The average Bonchev–Trinajstić information content (AvgIpc) is 2.17. The molecule has 4 nitrogen and oxygen atoms in total. The number of rotatable bonds is 3. The van der Waals surface area contributed by atoms with Crippen LogP contribution in [0.15, 0.2) is 0 Å². The second-order valence-corrected chi connectivity index (χ2v) is 3.73. The highest BCUT2D eigenvalue weighted by Gasteiger charge is 2.28. The van der Waals surface area contributed by atoms with Crippen molar-refractivity contribution in [1.29, 1.82) is 0 Å². The molecule has 2 N–H and O–H groups in total. The number of amides is 2. The zero-order chi connectivity index (χ0) is 11.4. The van der Waals surface area contributed by atoms with E-state index < -0.39 is 12.5 Å². The Hall–Kier alpha value is -0.910. The first-order valence-corrected chi connectivity index (χ1v) is 5.11. The SMILES string of the molecule is CCC1CN(C(N)=O)CCN1CC(F)F. The van der Waals surface area contributed by atoms with E-state index in [-0.39, 0.29) is 12.6 Å². The molecule has 1 heterocycles. The maximum Gasteiger partial charge on any atom is 0.314 e. The molecule has 1 saturated heterocycles. The minimum Gasteiger partial charge on any atom is -0.351 e. The van der Waals surface area contributed by atoms with Crippen molar-refractivity contribution in [1.82, 2.24) is 9.80 Å². The van der Waals surface area contributed by atoms with Crippen molar-refractivity contribution in [2.45, 2.75) is 25.8 Å². The van der Waals surface area contributed by atoms with Crippen molar-refractivity contribution in [2.24, 2.45) is 5.73 Å². The van der Waals surface area contributed by atoms with Crippen molar-refractivity contribution in [3.8, 4) is 0 Å². The van der Waals surface area contributed by atoms with Crippen LogP contribution in [0.3, 0.4) is 0 Å². The van der Waals surface area contributed by atoms with Gasteiger partial charge in [-0.3, -0.25) is 4.90 Å². The van der Waals surface area contributed by atoms with E-state index in [1.807, 2.05) is 6.92 Å². The Morgan fingerprint density at radius 3 is 2.67 bits per heavy atom. The molecule has 1 atom stereocenters. The Balaban J connectivity index is 2.52. The summed E-state index contributed by atoms with van der Waals surface area (Å²) < 4.78 is 24.5. The van der Waals surface area contributed by atoms with Gasteiger partial charge in [0.25, 0.3) is 6.43 Å². The minimum absolute atomic E-state index is 0.000231. The van der Waals surface area contributed by atoms with Gasteiger partial charge in [-0.05, 0) is 6.42 Å². The first-order valence-electron chi connectivity index (χ1n) is 5.11. The molecule has 0 aliphatic carbocycles. The quantitative estimate of drug-likeness (QED) is 0.763. The Morgan fingerprint density at radius 2 is 2.20 bits per heavy atom. The van der Waals surface area contributed by atoms with E-state index in [0.717, 1.165) is 6.42 Å². The van der Waals surface area contributed by atoms with E-state index in [9.17, 15) is 13.6 Å². The Labute approximate surface area is 88.0 Å². The zero-order valence-corrected chi connectivity index (χ0v) is 8.83. The number of urea groups is 1. The van der Waals surface area contributed by atoms with Gasteiger partial charge in [0, 0.05) is 25.7 Å². The topological polar surface area (TPSA) is 49.6 Å². The van der Waals surface area contributed by atoms with E-state index in [1.54, 1.807) is 4.90 Å². The van der Waals surface area contributed by atoms with Gasteiger partial charge in [0.05, 0.1) is 6.54 Å². The Bertz CT molecular complexity index is 225. The molecule has 0 aromatic heterocycles. The van der Waals surface area contributed by atoms with Crippen LogP contribution in [0, 0.1) is 0 Å². The molecule has 6 heteroatoms. The van der Waals surface area contributed by atoms with Gasteiger partial charge in [0.15, 0.2) is 0 Å². The Morgan fingerprint density at radius 1 is 1.53 bits per heavy atom. The normalized spacial score (nSPS) is 23.5. The summed E-state index contributed by atoms with van der Waals surface area (Å²) in [6, 6.07) is -0.467. The zero-order valence-electron chi connectivity index (χ0n) is 8.83. The number of primary amides is 1. The molecule has 15 heavy (non-hydrogen) atoms. The predicted octanol–water partition coefficient (Wildman–Crippen LogP) is 0.726. The van der Waals surface area contributed by atoms with Crippen LogP contribution >= 0.6 is 0 Å². The van der Waals surface area contributed by atoms with Gasteiger partial charge in [-0.15, -0.1) is 0 Å². The molecule has 1 rings (SSSR count). The lowest BCUT2D eigenvalue weighted by atomic mass is 10.1. The molecule has 0 radical (unpaired) electrons. The van der Waals surface area contributed by atoms with Gasteiger partial charge in [-0.25, -0.2) is 13.6 Å². The largest absolute Gasteiger partial charge is 0.351 e. The third-order valence-corrected chi connectivity index (χ3v) is 2.76. The van der Waals surface area contributed by atoms with Gasteiger partial charge < -0.3 is 10.6 Å². The lowest BCUT2D eigenvalue weighted by molar-refractivity contribution is 0.0301. The molecule has 0 bridgehead atoms. The van der Waals surface area contributed by atoms with Gasteiger partial charge in [0.1, 0.15) is 0 Å². The first kappa shape index (κ1) is 12.2. The van der Waals surface area contributed by atoms with E-state index >= 15 is 0 Å². The van der Waals surface area contributed by atoms with Crippen LogP contribution < -0.4 is 5.73 Å². The van der Waals surface area contributed by atoms with Crippen LogP contribution in [-0.4, -0.2) is 54.5 Å². The molecular formula is C9H17F2N3O. The van der Waals surface area contributed by atoms with Crippen molar-refractivity contribution in [3.63, 3.8) is 0 Å². The van der Waals surface area contributed by atoms with Crippen LogP contribution in [0.25, 0.3) is 0 Å². The molecule has 1 unspecified atom stereocenters. The molecule has 2 amide bonds. The molecule has 0 saturated carbocycles. The number of alkyl halides is 2. The second-order valence-electron chi connectivity index (χ2n) is 3.73. The summed E-state index contributed by atoms with van der Waals surface area (Å²) >= 11 is 0. The standard InChI is InChI=1S/C9H17F2N3O/c1-2-7-5-14(9(12)15)4-3-13(7)6-8(10)11/h7-8H,2-6H2,1H3,(H2,12,15). The van der Waals surface area contributed by atoms with Gasteiger partial charge in [0.2, 0.25) is 0 Å². The summed E-state index contributed by atoms with van der Waals surface area (Å²) in [5, 5.41) is 0. The highest BCUT2D eigenvalue weighted by atomic mass is 19.3. The summed E-state index contributed by atoms with van der Waals surface area (Å²) in [5.74, 6) is 0. The average molecular weight is 221 g/mol. The molecule has 0 aromatic carbocycles. The van der Waals surface area contributed by atoms with Gasteiger partial charge in [-0.1, -0.05) is 6.92 Å². The monoisotopic (exact) mass is 221 g/mol. The highest BCUT2D eigenvalue weighted by molar-refractivity contribution is 5.72. The lowest BCUT2D eigenvalue weighted by Gasteiger charge is -2.40. The van der Waals surface area contributed by atoms with Crippen molar-refractivity contribution in [3.05, 3.63) is 0 Å². The first-order chi connectivity index (χ1) is 7.04. The second kappa shape index (κ2) is 5.25. The maximum absolute atomic E-state index is 12.2. The van der Waals surface area contributed by atoms with Crippen molar-refractivity contribution < 1.29 is 13.6 Å². The minimum atomic E-state index is -2.32. The van der Waals surface area contributed by atoms with Crippen molar-refractivity contribution in [2.75, 3.05) is 26.2 Å². The number of piperazine rings is 1. The van der Waals surface area contributed by atoms with Gasteiger partial charge >= 0.3 is 6.03 Å². The fourth-order valence-electron chi connectivity index (χ4n) is 1.90. The summed E-state index contributed by atoms with van der Waals surface area (Å²) in [4.78, 5) is 14.2. The van der Waals surface area contributed by atoms with E-state index in [1.165, 1.54) is 4.90 Å². The molecule has 0 spiro atoms.